The molecule has 1 aromatic rings. The van der Waals surface area contributed by atoms with E-state index in [2.05, 4.69) is 5.32 Å². The van der Waals surface area contributed by atoms with Gasteiger partial charge in [0.25, 0.3) is 0 Å². The molecule has 0 aromatic heterocycles. The molecule has 1 aliphatic heterocycles. The zero-order valence-corrected chi connectivity index (χ0v) is 14.1. The van der Waals surface area contributed by atoms with Crippen LogP contribution in [-0.4, -0.2) is 29.2 Å². The standard InChI is InChI=1S/C18H19ClN2O3/c1-11(12-6-4-5-9-15(12)19)20-16(22)10-21-17(23)13-7-2-3-8-14(13)18(21)24/h2-6,9,11,13-14H,7-8,10H2,1H3,(H,20,22)/t11-,13-,14+/m1/s1. The maximum Gasteiger partial charge on any atom is 0.240 e. The van der Waals surface area contributed by atoms with Crippen LogP contribution in [0.2, 0.25) is 5.02 Å². The second-order valence-corrected chi connectivity index (χ2v) is 6.64. The molecule has 3 amide bonds. The summed E-state index contributed by atoms with van der Waals surface area (Å²) in [5.41, 5.74) is 0.796. The number of halogens is 1. The third kappa shape index (κ3) is 3.08. The highest BCUT2D eigenvalue weighted by Gasteiger charge is 2.47. The van der Waals surface area contributed by atoms with E-state index in [0.717, 1.165) is 10.5 Å². The molecule has 1 N–H and O–H groups in total. The molecule has 0 spiro atoms. The van der Waals surface area contributed by atoms with Gasteiger partial charge >= 0.3 is 0 Å². The van der Waals surface area contributed by atoms with Gasteiger partial charge in [0.15, 0.2) is 0 Å². The van der Waals surface area contributed by atoms with Gasteiger partial charge in [-0.1, -0.05) is 42.0 Å². The van der Waals surface area contributed by atoms with Gasteiger partial charge in [-0.05, 0) is 31.4 Å². The van der Waals surface area contributed by atoms with Crippen LogP contribution in [0.3, 0.4) is 0 Å². The molecule has 3 atom stereocenters. The minimum atomic E-state index is -0.365. The summed E-state index contributed by atoms with van der Waals surface area (Å²) in [5, 5.41) is 3.37. The monoisotopic (exact) mass is 346 g/mol. The van der Waals surface area contributed by atoms with Crippen LogP contribution in [0, 0.1) is 11.8 Å². The van der Waals surface area contributed by atoms with Crippen molar-refractivity contribution >= 4 is 29.3 Å². The Bertz CT molecular complexity index is 690. The fourth-order valence-electron chi connectivity index (χ4n) is 3.36. The Morgan fingerprint density at radius 2 is 1.79 bits per heavy atom. The average Bonchev–Trinajstić information content (AvgIpc) is 2.80. The Morgan fingerprint density at radius 3 is 2.38 bits per heavy atom. The zero-order chi connectivity index (χ0) is 17.3. The van der Waals surface area contributed by atoms with Crippen LogP contribution in [0.25, 0.3) is 0 Å². The molecular weight excluding hydrogens is 328 g/mol. The van der Waals surface area contributed by atoms with Crippen molar-refractivity contribution in [3.8, 4) is 0 Å². The average molecular weight is 347 g/mol. The summed E-state index contributed by atoms with van der Waals surface area (Å²) in [6, 6.07) is 6.94. The Labute approximate surface area is 145 Å². The van der Waals surface area contributed by atoms with Gasteiger partial charge in [0.05, 0.1) is 17.9 Å². The van der Waals surface area contributed by atoms with E-state index in [0.29, 0.717) is 17.9 Å². The number of carbonyl (C=O) groups is 3. The van der Waals surface area contributed by atoms with Crippen LogP contribution < -0.4 is 5.32 Å². The van der Waals surface area contributed by atoms with Gasteiger partial charge in [0.1, 0.15) is 6.54 Å². The van der Waals surface area contributed by atoms with Crippen molar-refractivity contribution < 1.29 is 14.4 Å². The Balaban J connectivity index is 1.64. The van der Waals surface area contributed by atoms with Crippen molar-refractivity contribution in [2.75, 3.05) is 6.54 Å². The molecule has 1 fully saturated rings. The van der Waals surface area contributed by atoms with Gasteiger partial charge in [0.2, 0.25) is 17.7 Å². The minimum Gasteiger partial charge on any atom is -0.348 e. The Kier molecular flexibility index (Phi) is 4.71. The van der Waals surface area contributed by atoms with Gasteiger partial charge in [-0.15, -0.1) is 0 Å². The molecule has 3 rings (SSSR count). The Morgan fingerprint density at radius 1 is 1.21 bits per heavy atom. The highest BCUT2D eigenvalue weighted by Crippen LogP contribution is 2.34. The molecule has 2 aliphatic rings. The smallest absolute Gasteiger partial charge is 0.240 e. The quantitative estimate of drug-likeness (QED) is 0.672. The van der Waals surface area contributed by atoms with E-state index in [1.54, 1.807) is 6.07 Å². The molecule has 1 saturated heterocycles. The van der Waals surface area contributed by atoms with Gasteiger partial charge < -0.3 is 5.32 Å². The van der Waals surface area contributed by atoms with E-state index >= 15 is 0 Å². The second-order valence-electron chi connectivity index (χ2n) is 6.23. The first-order valence-electron chi connectivity index (χ1n) is 8.03. The molecule has 0 radical (unpaired) electrons. The molecule has 126 valence electrons. The van der Waals surface area contributed by atoms with Crippen molar-refractivity contribution in [3.05, 3.63) is 47.0 Å². The lowest BCUT2D eigenvalue weighted by Gasteiger charge is -2.19. The first kappa shape index (κ1) is 16.7. The normalized spacial score (nSPS) is 24.0. The van der Waals surface area contributed by atoms with Crippen molar-refractivity contribution in [3.63, 3.8) is 0 Å². The van der Waals surface area contributed by atoms with E-state index < -0.39 is 0 Å². The number of benzene rings is 1. The summed E-state index contributed by atoms with van der Waals surface area (Å²) in [6.45, 7) is 1.58. The number of fused-ring (bicyclic) bond motifs is 1. The number of rotatable bonds is 4. The SMILES string of the molecule is C[C@@H](NC(=O)CN1C(=O)[C@H]2CC=CC[C@H]2C1=O)c1ccccc1Cl. The maximum atomic E-state index is 12.4. The third-order valence-corrected chi connectivity index (χ3v) is 4.99. The van der Waals surface area contributed by atoms with Gasteiger partial charge in [-0.25, -0.2) is 0 Å². The van der Waals surface area contributed by atoms with Crippen LogP contribution in [0.5, 0.6) is 0 Å². The predicted molar refractivity (Wildman–Crippen MR) is 90.1 cm³/mol. The number of imide groups is 1. The fraction of sp³-hybridized carbons (Fsp3) is 0.389. The summed E-state index contributed by atoms with van der Waals surface area (Å²) in [4.78, 5) is 38.1. The van der Waals surface area contributed by atoms with Gasteiger partial charge in [-0.3, -0.25) is 19.3 Å². The van der Waals surface area contributed by atoms with E-state index in [1.165, 1.54) is 0 Å². The number of nitrogens with one attached hydrogen (secondary N) is 1. The highest BCUT2D eigenvalue weighted by atomic mass is 35.5. The fourth-order valence-corrected chi connectivity index (χ4v) is 3.66. The molecule has 0 unspecified atom stereocenters. The number of nitrogens with zero attached hydrogens (tertiary/aromatic N) is 1. The summed E-state index contributed by atoms with van der Waals surface area (Å²) in [7, 11) is 0. The number of likely N-dealkylation sites (tertiary alicyclic amines) is 1. The molecular formula is C18H19ClN2O3. The van der Waals surface area contributed by atoms with Crippen LogP contribution in [0.1, 0.15) is 31.4 Å². The van der Waals surface area contributed by atoms with Crippen molar-refractivity contribution in [2.45, 2.75) is 25.8 Å². The number of amides is 3. The molecule has 6 heteroatoms. The van der Waals surface area contributed by atoms with Crippen molar-refractivity contribution in [1.29, 1.82) is 0 Å². The van der Waals surface area contributed by atoms with Crippen LogP contribution >= 0.6 is 11.6 Å². The lowest BCUT2D eigenvalue weighted by Crippen LogP contribution is -2.41. The van der Waals surface area contributed by atoms with Crippen LogP contribution in [0.15, 0.2) is 36.4 Å². The van der Waals surface area contributed by atoms with E-state index in [-0.39, 0.29) is 42.1 Å². The number of allylic oxidation sites excluding steroid dienone is 2. The predicted octanol–water partition coefficient (Wildman–Crippen LogP) is 2.47. The zero-order valence-electron chi connectivity index (χ0n) is 13.4. The molecule has 1 aromatic carbocycles. The van der Waals surface area contributed by atoms with Crippen molar-refractivity contribution in [2.24, 2.45) is 11.8 Å². The third-order valence-electron chi connectivity index (χ3n) is 4.65. The summed E-state index contributed by atoms with van der Waals surface area (Å²) >= 11 is 6.13. The largest absolute Gasteiger partial charge is 0.348 e. The van der Waals surface area contributed by atoms with Crippen LogP contribution in [-0.2, 0) is 14.4 Å². The lowest BCUT2D eigenvalue weighted by atomic mass is 9.85. The molecule has 5 nitrogen and oxygen atoms in total. The molecule has 0 bridgehead atoms. The molecule has 24 heavy (non-hydrogen) atoms. The number of carbonyl (C=O) groups excluding carboxylic acids is 3. The maximum absolute atomic E-state index is 12.4. The van der Waals surface area contributed by atoms with Gasteiger partial charge in [0, 0.05) is 5.02 Å². The van der Waals surface area contributed by atoms with Crippen molar-refractivity contribution in [1.82, 2.24) is 10.2 Å². The lowest BCUT2D eigenvalue weighted by molar-refractivity contribution is -0.143. The first-order chi connectivity index (χ1) is 11.5. The summed E-state index contributed by atoms with van der Waals surface area (Å²) < 4.78 is 0. The highest BCUT2D eigenvalue weighted by molar-refractivity contribution is 6.31. The number of hydrogen-bond acceptors (Lipinski definition) is 3. The number of hydrogen-bond donors (Lipinski definition) is 1. The summed E-state index contributed by atoms with van der Waals surface area (Å²) in [5.74, 6) is -1.46. The topological polar surface area (TPSA) is 66.5 Å². The molecule has 1 heterocycles. The minimum absolute atomic E-state index is 0.237. The first-order valence-corrected chi connectivity index (χ1v) is 8.41. The van der Waals surface area contributed by atoms with E-state index in [9.17, 15) is 14.4 Å². The summed E-state index contributed by atoms with van der Waals surface area (Å²) in [6.07, 6.45) is 5.00. The van der Waals surface area contributed by atoms with Gasteiger partial charge in [-0.2, -0.15) is 0 Å². The van der Waals surface area contributed by atoms with Crippen LogP contribution in [0.4, 0.5) is 0 Å². The second kappa shape index (κ2) is 6.77. The van der Waals surface area contributed by atoms with E-state index in [1.807, 2.05) is 37.3 Å². The molecule has 0 saturated carbocycles. The Hall–Kier alpha value is -2.14. The molecule has 1 aliphatic carbocycles. The van der Waals surface area contributed by atoms with E-state index in [4.69, 9.17) is 11.6 Å².